The van der Waals surface area contributed by atoms with Crippen LogP contribution in [0.4, 0.5) is 24.5 Å². The molecule has 35 heavy (non-hydrogen) atoms. The zero-order chi connectivity index (χ0) is 24.8. The number of benzene rings is 2. The Kier molecular flexibility index (Phi) is 8.62. The highest BCUT2D eigenvalue weighted by molar-refractivity contribution is 7.99. The van der Waals surface area contributed by atoms with Crippen LogP contribution in [0.3, 0.4) is 0 Å². The summed E-state index contributed by atoms with van der Waals surface area (Å²) in [5.41, 5.74) is 0.978. The molecule has 0 amide bonds. The number of esters is 1. The Morgan fingerprint density at radius 1 is 1.00 bits per heavy atom. The fourth-order valence-electron chi connectivity index (χ4n) is 4.52. The highest BCUT2D eigenvalue weighted by atomic mass is 32.2. The summed E-state index contributed by atoms with van der Waals surface area (Å²) in [5.74, 6) is -0.269. The first kappa shape index (κ1) is 25.9. The summed E-state index contributed by atoms with van der Waals surface area (Å²) < 4.78 is 51.0. The summed E-state index contributed by atoms with van der Waals surface area (Å²) in [6, 6.07) is 11.9. The first-order valence-electron chi connectivity index (χ1n) is 12.0. The fourth-order valence-corrected chi connectivity index (χ4v) is 5.60. The van der Waals surface area contributed by atoms with Crippen molar-refractivity contribution < 1.29 is 27.4 Å². The molecule has 2 aliphatic rings. The van der Waals surface area contributed by atoms with E-state index < -0.39 is 11.7 Å². The SMILES string of the molecule is CC(=O)OCCCOC1CCN(CCCN2c3ccccc3Sc3ccc(C(F)(F)F)cc32)CC1. The Morgan fingerprint density at radius 3 is 2.49 bits per heavy atom. The van der Waals surface area contributed by atoms with Crippen LogP contribution >= 0.6 is 11.8 Å². The molecule has 0 N–H and O–H groups in total. The number of piperidine rings is 1. The number of ether oxygens (including phenoxy) is 2. The van der Waals surface area contributed by atoms with Gasteiger partial charge in [0.25, 0.3) is 0 Å². The van der Waals surface area contributed by atoms with Crippen molar-refractivity contribution in [2.45, 2.75) is 54.7 Å². The number of carbonyl (C=O) groups excluding carboxylic acids is 1. The quantitative estimate of drug-likeness (QED) is 0.300. The lowest BCUT2D eigenvalue weighted by Gasteiger charge is -2.35. The van der Waals surface area contributed by atoms with Crippen molar-refractivity contribution in [3.05, 3.63) is 48.0 Å². The van der Waals surface area contributed by atoms with Crippen molar-refractivity contribution in [3.63, 3.8) is 0 Å². The van der Waals surface area contributed by atoms with Gasteiger partial charge in [0.1, 0.15) is 0 Å². The van der Waals surface area contributed by atoms with E-state index in [0.29, 0.717) is 31.9 Å². The van der Waals surface area contributed by atoms with Gasteiger partial charge in [-0.3, -0.25) is 4.79 Å². The fraction of sp³-hybridized carbons (Fsp3) is 0.500. The molecule has 2 aliphatic heterocycles. The highest BCUT2D eigenvalue weighted by Crippen LogP contribution is 2.49. The van der Waals surface area contributed by atoms with Gasteiger partial charge in [-0.05, 0) is 56.1 Å². The second-order valence-electron chi connectivity index (χ2n) is 8.86. The average molecular weight is 509 g/mol. The number of carbonyl (C=O) groups is 1. The maximum Gasteiger partial charge on any atom is 0.416 e. The van der Waals surface area contributed by atoms with Crippen LogP contribution in [-0.2, 0) is 20.4 Å². The predicted molar refractivity (Wildman–Crippen MR) is 130 cm³/mol. The lowest BCUT2D eigenvalue weighted by atomic mass is 10.1. The molecule has 0 saturated carbocycles. The number of hydrogen-bond acceptors (Lipinski definition) is 6. The van der Waals surface area contributed by atoms with Gasteiger partial charge < -0.3 is 19.3 Å². The van der Waals surface area contributed by atoms with Gasteiger partial charge in [-0.25, -0.2) is 0 Å². The van der Waals surface area contributed by atoms with E-state index in [0.717, 1.165) is 54.4 Å². The minimum atomic E-state index is -4.37. The third-order valence-electron chi connectivity index (χ3n) is 6.29. The minimum Gasteiger partial charge on any atom is -0.466 e. The van der Waals surface area contributed by atoms with Gasteiger partial charge in [-0.2, -0.15) is 13.2 Å². The number of hydrogen-bond donors (Lipinski definition) is 0. The van der Waals surface area contributed by atoms with E-state index in [1.165, 1.54) is 30.8 Å². The summed E-state index contributed by atoms with van der Waals surface area (Å²) in [7, 11) is 0. The number of alkyl halides is 3. The van der Waals surface area contributed by atoms with Crippen LogP contribution in [0, 0.1) is 0 Å². The smallest absolute Gasteiger partial charge is 0.416 e. The van der Waals surface area contributed by atoms with Crippen LogP contribution in [-0.4, -0.2) is 56.4 Å². The Bertz CT molecular complexity index is 1010. The molecule has 190 valence electrons. The molecule has 4 rings (SSSR count). The molecule has 0 bridgehead atoms. The molecule has 0 radical (unpaired) electrons. The number of likely N-dealkylation sites (tertiary alicyclic amines) is 1. The van der Waals surface area contributed by atoms with Crippen LogP contribution in [0.5, 0.6) is 0 Å². The van der Waals surface area contributed by atoms with E-state index >= 15 is 0 Å². The predicted octanol–water partition coefficient (Wildman–Crippen LogP) is 6.13. The molecule has 1 saturated heterocycles. The van der Waals surface area contributed by atoms with E-state index in [1.54, 1.807) is 6.07 Å². The number of halogens is 3. The maximum atomic E-state index is 13.4. The molecule has 2 aromatic rings. The van der Waals surface area contributed by atoms with Crippen LogP contribution in [0.2, 0.25) is 0 Å². The van der Waals surface area contributed by atoms with Crippen molar-refractivity contribution in [1.82, 2.24) is 4.90 Å². The third kappa shape index (κ3) is 6.92. The van der Waals surface area contributed by atoms with Gasteiger partial charge in [0.15, 0.2) is 0 Å². The molecule has 2 heterocycles. The summed E-state index contributed by atoms with van der Waals surface area (Å²) in [6.45, 7) is 5.80. The van der Waals surface area contributed by atoms with Crippen molar-refractivity contribution >= 4 is 29.1 Å². The molecule has 9 heteroatoms. The van der Waals surface area contributed by atoms with Gasteiger partial charge in [-0.15, -0.1) is 0 Å². The van der Waals surface area contributed by atoms with Crippen molar-refractivity contribution in [3.8, 4) is 0 Å². The van der Waals surface area contributed by atoms with Crippen molar-refractivity contribution in [1.29, 1.82) is 0 Å². The van der Waals surface area contributed by atoms with Crippen molar-refractivity contribution in [2.24, 2.45) is 0 Å². The zero-order valence-corrected chi connectivity index (χ0v) is 20.7. The Labute approximate surface area is 208 Å². The molecule has 0 atom stereocenters. The topological polar surface area (TPSA) is 42.0 Å². The monoisotopic (exact) mass is 508 g/mol. The largest absolute Gasteiger partial charge is 0.466 e. The van der Waals surface area contributed by atoms with Gasteiger partial charge in [0, 0.05) is 42.8 Å². The van der Waals surface area contributed by atoms with Gasteiger partial charge in [0.05, 0.1) is 36.3 Å². The average Bonchev–Trinajstić information content (AvgIpc) is 2.83. The number of anilines is 2. The van der Waals surface area contributed by atoms with Crippen molar-refractivity contribution in [2.75, 3.05) is 44.3 Å². The van der Waals surface area contributed by atoms with Gasteiger partial charge in [-0.1, -0.05) is 23.9 Å². The number of rotatable bonds is 9. The van der Waals surface area contributed by atoms with E-state index in [1.807, 2.05) is 29.2 Å². The Balaban J connectivity index is 1.30. The Morgan fingerprint density at radius 2 is 1.74 bits per heavy atom. The number of fused-ring (bicyclic) bond motifs is 2. The molecule has 0 aliphatic carbocycles. The molecular formula is C26H31F3N2O3S. The van der Waals surface area contributed by atoms with E-state index in [2.05, 4.69) is 4.90 Å². The van der Waals surface area contributed by atoms with E-state index in [9.17, 15) is 18.0 Å². The summed E-state index contributed by atoms with van der Waals surface area (Å²) in [6.07, 6.45) is -0.685. The normalized spacial score (nSPS) is 16.6. The van der Waals surface area contributed by atoms with Crippen LogP contribution < -0.4 is 4.90 Å². The number of nitrogens with zero attached hydrogens (tertiary/aromatic N) is 2. The molecule has 1 fully saturated rings. The summed E-state index contributed by atoms with van der Waals surface area (Å²) >= 11 is 1.52. The van der Waals surface area contributed by atoms with Gasteiger partial charge >= 0.3 is 12.1 Å². The standard InChI is InChI=1S/C26H31F3N2O3S/c1-19(32)33-16-5-17-34-21-10-14-30(15-11-21)12-4-13-31-22-6-2-3-7-24(22)35-25-9-8-20(18-23(25)31)26(27,28)29/h2-3,6-9,18,21H,4-5,10-17H2,1H3. The second kappa shape index (κ2) is 11.7. The molecule has 0 aromatic heterocycles. The maximum absolute atomic E-state index is 13.4. The Hall–Kier alpha value is -2.23. The van der Waals surface area contributed by atoms with Crippen LogP contribution in [0.15, 0.2) is 52.3 Å². The highest BCUT2D eigenvalue weighted by Gasteiger charge is 2.33. The lowest BCUT2D eigenvalue weighted by molar-refractivity contribution is -0.141. The summed E-state index contributed by atoms with van der Waals surface area (Å²) in [4.78, 5) is 17.1. The molecule has 0 unspecified atom stereocenters. The molecule has 5 nitrogen and oxygen atoms in total. The van der Waals surface area contributed by atoms with Crippen LogP contribution in [0.25, 0.3) is 0 Å². The first-order valence-corrected chi connectivity index (χ1v) is 12.9. The van der Waals surface area contributed by atoms with Gasteiger partial charge in [0.2, 0.25) is 0 Å². The minimum absolute atomic E-state index is 0.224. The third-order valence-corrected chi connectivity index (χ3v) is 7.42. The van der Waals surface area contributed by atoms with Crippen LogP contribution in [0.1, 0.15) is 38.2 Å². The second-order valence-corrected chi connectivity index (χ2v) is 9.94. The first-order chi connectivity index (χ1) is 16.8. The van der Waals surface area contributed by atoms with E-state index in [-0.39, 0.29) is 12.1 Å². The molecular weight excluding hydrogens is 477 g/mol. The summed E-state index contributed by atoms with van der Waals surface area (Å²) in [5, 5.41) is 0. The lowest BCUT2D eigenvalue weighted by Crippen LogP contribution is -2.38. The van der Waals surface area contributed by atoms with E-state index in [4.69, 9.17) is 9.47 Å². The molecule has 2 aromatic carbocycles. The number of para-hydroxylation sites is 1. The zero-order valence-electron chi connectivity index (χ0n) is 19.9. The molecule has 0 spiro atoms.